The highest BCUT2D eigenvalue weighted by Gasteiger charge is 2.02. The standard InChI is InChI=1S/C22H22N4O3/c23-21(27)15-28-19-10-4-6-16(12-19)14-25-22(24)26-17-7-5-11-20(13-17)29-18-8-2-1-3-9-18/h1-13H,14-15H2,(H2,23,27)(H3,24,25,26). The number of benzene rings is 3. The summed E-state index contributed by atoms with van der Waals surface area (Å²) in [5.41, 5.74) is 12.7. The molecule has 0 spiro atoms. The van der Waals surface area contributed by atoms with E-state index in [4.69, 9.17) is 20.9 Å². The maximum absolute atomic E-state index is 10.8. The van der Waals surface area contributed by atoms with Crippen LogP contribution in [0.25, 0.3) is 0 Å². The zero-order chi connectivity index (χ0) is 20.5. The van der Waals surface area contributed by atoms with Crippen molar-refractivity contribution in [3.63, 3.8) is 0 Å². The van der Waals surface area contributed by atoms with Crippen molar-refractivity contribution in [1.29, 1.82) is 0 Å². The van der Waals surface area contributed by atoms with E-state index in [1.807, 2.05) is 66.7 Å². The predicted octanol–water partition coefficient (Wildman–Crippen LogP) is 3.27. The van der Waals surface area contributed by atoms with Crippen molar-refractivity contribution < 1.29 is 14.3 Å². The molecule has 148 valence electrons. The summed E-state index contributed by atoms with van der Waals surface area (Å²) in [4.78, 5) is 15.1. The molecule has 0 heterocycles. The van der Waals surface area contributed by atoms with Crippen LogP contribution in [0.15, 0.2) is 83.9 Å². The minimum absolute atomic E-state index is 0.169. The Morgan fingerprint density at radius 2 is 1.59 bits per heavy atom. The van der Waals surface area contributed by atoms with Gasteiger partial charge in [0, 0.05) is 11.8 Å². The zero-order valence-corrected chi connectivity index (χ0v) is 15.7. The molecule has 7 heteroatoms. The van der Waals surface area contributed by atoms with Gasteiger partial charge in [0.25, 0.3) is 5.91 Å². The number of aliphatic imine (C=N–C) groups is 1. The lowest BCUT2D eigenvalue weighted by Gasteiger charge is -2.09. The second-order valence-electron chi connectivity index (χ2n) is 6.17. The number of amides is 1. The third-order valence-corrected chi connectivity index (χ3v) is 3.80. The van der Waals surface area contributed by atoms with Crippen molar-refractivity contribution in [2.75, 3.05) is 11.9 Å². The summed E-state index contributed by atoms with van der Waals surface area (Å²) in [6.45, 7) is 0.185. The van der Waals surface area contributed by atoms with E-state index in [1.54, 1.807) is 12.1 Å². The molecule has 0 unspecified atom stereocenters. The molecule has 0 fully saturated rings. The smallest absolute Gasteiger partial charge is 0.255 e. The lowest BCUT2D eigenvalue weighted by atomic mass is 10.2. The molecule has 1 amide bonds. The molecule has 0 aromatic heterocycles. The minimum atomic E-state index is -0.527. The summed E-state index contributed by atoms with van der Waals surface area (Å²) in [7, 11) is 0. The lowest BCUT2D eigenvalue weighted by Crippen LogP contribution is -2.22. The van der Waals surface area contributed by atoms with E-state index in [2.05, 4.69) is 10.3 Å². The average molecular weight is 390 g/mol. The Bertz CT molecular complexity index is 990. The third-order valence-electron chi connectivity index (χ3n) is 3.80. The Balaban J connectivity index is 1.59. The van der Waals surface area contributed by atoms with Crippen LogP contribution < -0.4 is 26.3 Å². The number of anilines is 1. The number of carbonyl (C=O) groups is 1. The van der Waals surface area contributed by atoms with Gasteiger partial charge in [0.15, 0.2) is 12.6 Å². The monoisotopic (exact) mass is 390 g/mol. The highest BCUT2D eigenvalue weighted by Crippen LogP contribution is 2.23. The van der Waals surface area contributed by atoms with Crippen molar-refractivity contribution in [2.45, 2.75) is 6.54 Å². The van der Waals surface area contributed by atoms with Crippen LogP contribution in [-0.2, 0) is 11.3 Å². The Morgan fingerprint density at radius 1 is 0.862 bits per heavy atom. The first kappa shape index (κ1) is 19.8. The molecule has 0 aliphatic carbocycles. The van der Waals surface area contributed by atoms with Crippen LogP contribution in [0.2, 0.25) is 0 Å². The number of ether oxygens (including phenoxy) is 2. The van der Waals surface area contributed by atoms with Gasteiger partial charge < -0.3 is 26.3 Å². The fourth-order valence-electron chi connectivity index (χ4n) is 2.51. The van der Waals surface area contributed by atoms with Gasteiger partial charge in [-0.05, 0) is 42.0 Å². The van der Waals surface area contributed by atoms with E-state index < -0.39 is 5.91 Å². The first-order valence-electron chi connectivity index (χ1n) is 8.98. The van der Waals surface area contributed by atoms with Gasteiger partial charge in [0.2, 0.25) is 0 Å². The Kier molecular flexibility index (Phi) is 6.67. The van der Waals surface area contributed by atoms with Gasteiger partial charge in [0.1, 0.15) is 17.2 Å². The molecule has 7 nitrogen and oxygen atoms in total. The summed E-state index contributed by atoms with van der Waals surface area (Å²) in [6, 6.07) is 24.2. The number of hydrogen-bond acceptors (Lipinski definition) is 4. The van der Waals surface area contributed by atoms with Crippen molar-refractivity contribution in [2.24, 2.45) is 16.5 Å². The number of rotatable bonds is 8. The topological polar surface area (TPSA) is 112 Å². The molecule has 0 bridgehead atoms. The van der Waals surface area contributed by atoms with Crippen molar-refractivity contribution in [3.8, 4) is 17.2 Å². The van der Waals surface area contributed by atoms with E-state index in [0.29, 0.717) is 18.0 Å². The SMILES string of the molecule is NC(=O)COc1cccc(CN=C(N)Nc2cccc(Oc3ccccc3)c2)c1. The molecular formula is C22H22N4O3. The zero-order valence-electron chi connectivity index (χ0n) is 15.7. The van der Waals surface area contributed by atoms with Crippen molar-refractivity contribution in [1.82, 2.24) is 0 Å². The van der Waals surface area contributed by atoms with E-state index in [9.17, 15) is 4.79 Å². The summed E-state index contributed by atoms with van der Waals surface area (Å²) >= 11 is 0. The number of nitrogens with two attached hydrogens (primary N) is 2. The predicted molar refractivity (Wildman–Crippen MR) is 113 cm³/mol. The van der Waals surface area contributed by atoms with Gasteiger partial charge in [-0.2, -0.15) is 0 Å². The van der Waals surface area contributed by atoms with Crippen LogP contribution in [0, 0.1) is 0 Å². The Hall–Kier alpha value is -4.00. The van der Waals surface area contributed by atoms with Crippen LogP contribution in [0.1, 0.15) is 5.56 Å². The number of nitrogens with one attached hydrogen (secondary N) is 1. The highest BCUT2D eigenvalue weighted by molar-refractivity contribution is 5.92. The molecule has 0 atom stereocenters. The van der Waals surface area contributed by atoms with E-state index in [-0.39, 0.29) is 12.6 Å². The molecule has 0 saturated heterocycles. The number of hydrogen-bond donors (Lipinski definition) is 3. The molecule has 3 aromatic rings. The number of guanidine groups is 1. The maximum Gasteiger partial charge on any atom is 0.255 e. The normalized spacial score (nSPS) is 11.0. The first-order chi connectivity index (χ1) is 14.1. The maximum atomic E-state index is 10.8. The summed E-state index contributed by atoms with van der Waals surface area (Å²) < 4.78 is 11.1. The summed E-state index contributed by atoms with van der Waals surface area (Å²) in [5.74, 6) is 1.73. The van der Waals surface area contributed by atoms with Gasteiger partial charge in [-0.25, -0.2) is 4.99 Å². The van der Waals surface area contributed by atoms with Gasteiger partial charge in [0.05, 0.1) is 6.54 Å². The van der Waals surface area contributed by atoms with Crippen molar-refractivity contribution >= 4 is 17.6 Å². The quantitative estimate of drug-likeness (QED) is 0.404. The highest BCUT2D eigenvalue weighted by atomic mass is 16.5. The minimum Gasteiger partial charge on any atom is -0.484 e. The third kappa shape index (κ3) is 6.59. The second-order valence-corrected chi connectivity index (χ2v) is 6.17. The fourth-order valence-corrected chi connectivity index (χ4v) is 2.51. The number of nitrogens with zero attached hydrogens (tertiary/aromatic N) is 1. The second kappa shape index (κ2) is 9.80. The lowest BCUT2D eigenvalue weighted by molar-refractivity contribution is -0.119. The molecule has 5 N–H and O–H groups in total. The summed E-state index contributed by atoms with van der Waals surface area (Å²) in [5, 5.41) is 3.05. The van der Waals surface area contributed by atoms with Crippen LogP contribution in [-0.4, -0.2) is 18.5 Å². The molecule has 29 heavy (non-hydrogen) atoms. The average Bonchev–Trinajstić information content (AvgIpc) is 2.72. The molecule has 0 saturated carbocycles. The molecule has 0 aliphatic rings. The first-order valence-corrected chi connectivity index (χ1v) is 8.98. The Labute approximate surface area is 169 Å². The van der Waals surface area contributed by atoms with Crippen LogP contribution in [0.3, 0.4) is 0 Å². The van der Waals surface area contributed by atoms with Crippen molar-refractivity contribution in [3.05, 3.63) is 84.4 Å². The van der Waals surface area contributed by atoms with Crippen LogP contribution >= 0.6 is 0 Å². The molecule has 0 aliphatic heterocycles. The fraction of sp³-hybridized carbons (Fsp3) is 0.0909. The number of para-hydroxylation sites is 1. The largest absolute Gasteiger partial charge is 0.484 e. The molecule has 3 rings (SSSR count). The van der Waals surface area contributed by atoms with E-state index in [1.165, 1.54) is 0 Å². The van der Waals surface area contributed by atoms with E-state index >= 15 is 0 Å². The molecule has 3 aromatic carbocycles. The number of primary amides is 1. The van der Waals surface area contributed by atoms with Gasteiger partial charge in [-0.3, -0.25) is 4.79 Å². The number of carbonyl (C=O) groups excluding carboxylic acids is 1. The van der Waals surface area contributed by atoms with Gasteiger partial charge in [-0.15, -0.1) is 0 Å². The van der Waals surface area contributed by atoms with Gasteiger partial charge >= 0.3 is 0 Å². The molecule has 0 radical (unpaired) electrons. The van der Waals surface area contributed by atoms with Crippen LogP contribution in [0.5, 0.6) is 17.2 Å². The van der Waals surface area contributed by atoms with Gasteiger partial charge in [-0.1, -0.05) is 36.4 Å². The Morgan fingerprint density at radius 3 is 2.38 bits per heavy atom. The van der Waals surface area contributed by atoms with E-state index in [0.717, 1.165) is 17.0 Å². The molecular weight excluding hydrogens is 368 g/mol. The van der Waals surface area contributed by atoms with Crippen LogP contribution in [0.4, 0.5) is 5.69 Å². The summed E-state index contributed by atoms with van der Waals surface area (Å²) in [6.07, 6.45) is 0.